The molecular weight excluding hydrogens is 384 g/mol. The summed E-state index contributed by atoms with van der Waals surface area (Å²) in [5.74, 6) is 0.752. The monoisotopic (exact) mass is 414 g/mol. The van der Waals surface area contributed by atoms with Gasteiger partial charge in [-0.1, -0.05) is 12.1 Å². The van der Waals surface area contributed by atoms with Gasteiger partial charge in [-0.25, -0.2) is 4.79 Å². The molecule has 3 heterocycles. The average Bonchev–Trinajstić information content (AvgIpc) is 3.20. The van der Waals surface area contributed by atoms with Crippen molar-refractivity contribution in [1.29, 1.82) is 0 Å². The average molecular weight is 415 g/mol. The van der Waals surface area contributed by atoms with E-state index in [1.165, 1.54) is 0 Å². The van der Waals surface area contributed by atoms with Crippen LogP contribution in [0.4, 0.5) is 10.5 Å². The maximum Gasteiger partial charge on any atom is 0.324 e. The lowest BCUT2D eigenvalue weighted by atomic mass is 9.97. The first-order valence-electron chi connectivity index (χ1n) is 11.0. The highest BCUT2D eigenvalue weighted by atomic mass is 16.5. The Hall–Kier alpha value is -2.77. The molecule has 1 N–H and O–H groups in total. The first kappa shape index (κ1) is 20.5. The second kappa shape index (κ2) is 9.36. The van der Waals surface area contributed by atoms with Gasteiger partial charge >= 0.3 is 6.03 Å². The molecule has 0 aromatic heterocycles. The molecule has 2 fully saturated rings. The van der Waals surface area contributed by atoms with Crippen LogP contribution >= 0.6 is 0 Å². The number of piperidine rings is 1. The van der Waals surface area contributed by atoms with Crippen LogP contribution in [0.1, 0.15) is 32.1 Å². The van der Waals surface area contributed by atoms with Crippen LogP contribution in [0.15, 0.2) is 24.3 Å². The fourth-order valence-electron chi connectivity index (χ4n) is 4.47. The summed E-state index contributed by atoms with van der Waals surface area (Å²) in [5, 5.41) is 3.00. The minimum Gasteiger partial charge on any atom is -0.490 e. The predicted molar refractivity (Wildman–Crippen MR) is 112 cm³/mol. The molecule has 0 aliphatic carbocycles. The summed E-state index contributed by atoms with van der Waals surface area (Å²) >= 11 is 0. The van der Waals surface area contributed by atoms with E-state index in [9.17, 15) is 14.4 Å². The fourth-order valence-corrected chi connectivity index (χ4v) is 4.47. The van der Waals surface area contributed by atoms with Crippen molar-refractivity contribution in [3.8, 4) is 5.75 Å². The van der Waals surface area contributed by atoms with Crippen LogP contribution in [0.3, 0.4) is 0 Å². The summed E-state index contributed by atoms with van der Waals surface area (Å²) in [6.45, 7) is 4.18. The van der Waals surface area contributed by atoms with Gasteiger partial charge in [0, 0.05) is 39.1 Å². The number of hydrogen-bond acceptors (Lipinski definition) is 4. The number of nitrogens with one attached hydrogen (secondary N) is 1. The van der Waals surface area contributed by atoms with Gasteiger partial charge in [0.15, 0.2) is 0 Å². The number of benzene rings is 1. The molecule has 3 aliphatic rings. The Morgan fingerprint density at radius 1 is 1.13 bits per heavy atom. The Labute approximate surface area is 177 Å². The van der Waals surface area contributed by atoms with Crippen molar-refractivity contribution in [3.63, 3.8) is 0 Å². The van der Waals surface area contributed by atoms with Crippen LogP contribution in [0, 0.1) is 5.92 Å². The topological polar surface area (TPSA) is 82.2 Å². The van der Waals surface area contributed by atoms with E-state index < -0.39 is 0 Å². The zero-order valence-electron chi connectivity index (χ0n) is 17.3. The molecule has 8 heteroatoms. The zero-order valence-corrected chi connectivity index (χ0v) is 17.3. The van der Waals surface area contributed by atoms with Crippen molar-refractivity contribution in [2.75, 3.05) is 50.8 Å². The molecule has 0 spiro atoms. The largest absolute Gasteiger partial charge is 0.490 e. The van der Waals surface area contributed by atoms with E-state index in [2.05, 4.69) is 5.32 Å². The molecule has 4 amide bonds. The van der Waals surface area contributed by atoms with Crippen LogP contribution < -0.4 is 15.0 Å². The van der Waals surface area contributed by atoms with Crippen LogP contribution in [-0.4, -0.2) is 73.5 Å². The molecule has 162 valence electrons. The van der Waals surface area contributed by atoms with Gasteiger partial charge in [-0.2, -0.15) is 0 Å². The third-order valence-electron chi connectivity index (χ3n) is 6.10. The van der Waals surface area contributed by atoms with Crippen LogP contribution in [-0.2, 0) is 9.59 Å². The number of nitrogens with zero attached hydrogens (tertiary/aromatic N) is 3. The van der Waals surface area contributed by atoms with Gasteiger partial charge in [0.1, 0.15) is 12.4 Å². The van der Waals surface area contributed by atoms with E-state index in [0.29, 0.717) is 45.8 Å². The third-order valence-corrected chi connectivity index (χ3v) is 6.10. The summed E-state index contributed by atoms with van der Waals surface area (Å²) in [6.07, 6.45) is 3.95. The van der Waals surface area contributed by atoms with Crippen molar-refractivity contribution in [1.82, 2.24) is 15.1 Å². The summed E-state index contributed by atoms with van der Waals surface area (Å²) in [5.41, 5.74) is 0.789. The Morgan fingerprint density at radius 3 is 2.83 bits per heavy atom. The number of ether oxygens (including phenoxy) is 1. The number of fused-ring (bicyclic) bond motifs is 1. The Balaban J connectivity index is 1.27. The Morgan fingerprint density at radius 2 is 2.00 bits per heavy atom. The third kappa shape index (κ3) is 4.52. The van der Waals surface area contributed by atoms with Crippen molar-refractivity contribution in [2.24, 2.45) is 5.92 Å². The molecule has 0 saturated carbocycles. The molecule has 4 rings (SSSR count). The lowest BCUT2D eigenvalue weighted by Gasteiger charge is -2.37. The van der Waals surface area contributed by atoms with E-state index in [4.69, 9.17) is 4.74 Å². The van der Waals surface area contributed by atoms with E-state index in [1.54, 1.807) is 9.80 Å². The number of urea groups is 1. The van der Waals surface area contributed by atoms with Gasteiger partial charge in [0.2, 0.25) is 11.8 Å². The van der Waals surface area contributed by atoms with Gasteiger partial charge in [0.25, 0.3) is 0 Å². The molecule has 1 atom stereocenters. The fraction of sp³-hybridized carbons (Fsp3) is 0.591. The van der Waals surface area contributed by atoms with Crippen LogP contribution in [0.2, 0.25) is 0 Å². The highest BCUT2D eigenvalue weighted by Crippen LogP contribution is 2.32. The van der Waals surface area contributed by atoms with Crippen LogP contribution in [0.25, 0.3) is 0 Å². The highest BCUT2D eigenvalue weighted by Gasteiger charge is 2.33. The smallest absolute Gasteiger partial charge is 0.324 e. The molecular formula is C22H30N4O4. The lowest BCUT2D eigenvalue weighted by Crippen LogP contribution is -2.52. The lowest BCUT2D eigenvalue weighted by molar-refractivity contribution is -0.127. The number of likely N-dealkylation sites (tertiary alicyclic amines) is 2. The number of rotatable bonds is 5. The first-order valence-corrected chi connectivity index (χ1v) is 11.0. The van der Waals surface area contributed by atoms with Crippen LogP contribution in [0.5, 0.6) is 5.75 Å². The van der Waals surface area contributed by atoms with Crippen molar-refractivity contribution >= 4 is 23.5 Å². The summed E-state index contributed by atoms with van der Waals surface area (Å²) in [4.78, 5) is 42.8. The molecule has 0 radical (unpaired) electrons. The zero-order chi connectivity index (χ0) is 20.9. The van der Waals surface area contributed by atoms with Crippen molar-refractivity contribution in [3.05, 3.63) is 24.3 Å². The van der Waals surface area contributed by atoms with E-state index in [0.717, 1.165) is 43.7 Å². The van der Waals surface area contributed by atoms with E-state index in [-0.39, 0.29) is 23.8 Å². The summed E-state index contributed by atoms with van der Waals surface area (Å²) in [6, 6.07) is 7.50. The molecule has 2 saturated heterocycles. The quantitative estimate of drug-likeness (QED) is 0.746. The van der Waals surface area contributed by atoms with Crippen molar-refractivity contribution < 1.29 is 19.1 Å². The van der Waals surface area contributed by atoms with Gasteiger partial charge in [0.05, 0.1) is 18.2 Å². The summed E-state index contributed by atoms with van der Waals surface area (Å²) in [7, 11) is 0. The second-order valence-electron chi connectivity index (χ2n) is 8.16. The molecule has 0 bridgehead atoms. The standard InChI is InChI=1S/C22H30N4O4/c27-20-9-4-11-24(20)13-5-10-23-21(28)17-6-3-12-25(16-17)22(29)26-14-15-30-19-8-2-1-7-18(19)26/h1-2,7-8,17H,3-6,9-16H2,(H,23,28)/t17-/m1/s1. The minimum absolute atomic E-state index is 0.00243. The molecule has 8 nitrogen and oxygen atoms in total. The SMILES string of the molecule is O=C(NCCCN1CCCC1=O)[C@@H]1CCCN(C(=O)N2CCOc3ccccc32)C1. The predicted octanol–water partition coefficient (Wildman–Crippen LogP) is 1.85. The number of para-hydroxylation sites is 2. The molecule has 1 aromatic rings. The minimum atomic E-state index is -0.188. The number of anilines is 1. The van der Waals surface area contributed by atoms with Gasteiger partial charge < -0.3 is 19.9 Å². The van der Waals surface area contributed by atoms with Gasteiger partial charge in [-0.05, 0) is 37.8 Å². The Kier molecular flexibility index (Phi) is 6.40. The number of amides is 4. The Bertz CT molecular complexity index is 799. The van der Waals surface area contributed by atoms with Crippen molar-refractivity contribution in [2.45, 2.75) is 32.1 Å². The molecule has 30 heavy (non-hydrogen) atoms. The molecule has 0 unspecified atom stereocenters. The maximum absolute atomic E-state index is 13.1. The van der Waals surface area contributed by atoms with E-state index in [1.807, 2.05) is 29.2 Å². The molecule has 3 aliphatic heterocycles. The number of carbonyl (C=O) groups excluding carboxylic acids is 3. The maximum atomic E-state index is 13.1. The number of carbonyl (C=O) groups is 3. The summed E-state index contributed by atoms with van der Waals surface area (Å²) < 4.78 is 5.65. The molecule has 1 aromatic carbocycles. The normalized spacial score (nSPS) is 21.3. The second-order valence-corrected chi connectivity index (χ2v) is 8.16. The van der Waals surface area contributed by atoms with E-state index >= 15 is 0 Å². The van der Waals surface area contributed by atoms with Gasteiger partial charge in [-0.3, -0.25) is 14.5 Å². The van der Waals surface area contributed by atoms with Gasteiger partial charge in [-0.15, -0.1) is 0 Å². The first-order chi connectivity index (χ1) is 14.6. The number of hydrogen-bond donors (Lipinski definition) is 1. The highest BCUT2D eigenvalue weighted by molar-refractivity contribution is 5.94.